The monoisotopic (exact) mass is 216 g/mol. The maximum absolute atomic E-state index is 9.11. The summed E-state index contributed by atoms with van der Waals surface area (Å²) in [6, 6.07) is 8.48. The van der Waals surface area contributed by atoms with Crippen molar-refractivity contribution in [2.24, 2.45) is 0 Å². The fourth-order valence-corrected chi connectivity index (χ4v) is 2.01. The Morgan fingerprint density at radius 1 is 1.50 bits per heavy atom. The molecule has 1 N–H and O–H groups in total. The molecule has 1 unspecified atom stereocenters. The number of rotatable bonds is 2. The van der Waals surface area contributed by atoms with Crippen molar-refractivity contribution >= 4 is 5.69 Å². The number of hydrogen-bond donors (Lipinski definition) is 1. The summed E-state index contributed by atoms with van der Waals surface area (Å²) in [5, 5.41) is 12.5. The van der Waals surface area contributed by atoms with Gasteiger partial charge in [-0.1, -0.05) is 12.1 Å². The van der Waals surface area contributed by atoms with Crippen LogP contribution in [0.5, 0.6) is 0 Å². The average molecular weight is 216 g/mol. The van der Waals surface area contributed by atoms with Gasteiger partial charge < -0.3 is 10.1 Å². The molecule has 0 aliphatic carbocycles. The molecule has 0 aromatic heterocycles. The molecule has 3 heteroatoms. The van der Waals surface area contributed by atoms with Gasteiger partial charge in [0.25, 0.3) is 0 Å². The van der Waals surface area contributed by atoms with Gasteiger partial charge in [0, 0.05) is 12.6 Å². The molecule has 1 fully saturated rings. The van der Waals surface area contributed by atoms with Gasteiger partial charge in [-0.15, -0.1) is 0 Å². The van der Waals surface area contributed by atoms with Crippen LogP contribution >= 0.6 is 0 Å². The van der Waals surface area contributed by atoms with Crippen LogP contribution in [-0.4, -0.2) is 19.3 Å². The Balaban J connectivity index is 2.14. The van der Waals surface area contributed by atoms with E-state index in [1.807, 2.05) is 25.1 Å². The average Bonchev–Trinajstić information content (AvgIpc) is 2.31. The van der Waals surface area contributed by atoms with E-state index in [0.717, 1.165) is 42.9 Å². The molecular weight excluding hydrogens is 200 g/mol. The van der Waals surface area contributed by atoms with Crippen molar-refractivity contribution in [1.29, 1.82) is 5.26 Å². The number of anilines is 1. The molecule has 1 atom stereocenters. The Hall–Kier alpha value is -1.53. The molecule has 1 aromatic carbocycles. The van der Waals surface area contributed by atoms with E-state index in [1.165, 1.54) is 0 Å². The highest BCUT2D eigenvalue weighted by atomic mass is 16.5. The maximum Gasteiger partial charge on any atom is 0.102 e. The van der Waals surface area contributed by atoms with Crippen LogP contribution in [0.3, 0.4) is 0 Å². The number of nitrogens with zero attached hydrogens (tertiary/aromatic N) is 1. The predicted octanol–water partition coefficient (Wildman–Crippen LogP) is 2.46. The molecule has 1 aliphatic heterocycles. The fraction of sp³-hybridized carbons (Fsp3) is 0.462. The fourth-order valence-electron chi connectivity index (χ4n) is 2.01. The second kappa shape index (κ2) is 5.00. The van der Waals surface area contributed by atoms with Crippen molar-refractivity contribution in [2.75, 3.05) is 18.5 Å². The summed E-state index contributed by atoms with van der Waals surface area (Å²) in [5.41, 5.74) is 2.69. The summed E-state index contributed by atoms with van der Waals surface area (Å²) in [6.45, 7) is 3.55. The number of ether oxygens (including phenoxy) is 1. The number of nitrogens with one attached hydrogen (secondary N) is 1. The van der Waals surface area contributed by atoms with Crippen molar-refractivity contribution in [3.63, 3.8) is 0 Å². The Kier molecular flexibility index (Phi) is 3.43. The van der Waals surface area contributed by atoms with Crippen molar-refractivity contribution in [3.8, 4) is 6.07 Å². The Bertz CT molecular complexity index is 403. The van der Waals surface area contributed by atoms with E-state index >= 15 is 0 Å². The molecule has 0 saturated carbocycles. The molecule has 1 heterocycles. The van der Waals surface area contributed by atoms with E-state index in [1.54, 1.807) is 0 Å². The molecule has 1 aliphatic rings. The van der Waals surface area contributed by atoms with Gasteiger partial charge >= 0.3 is 0 Å². The minimum atomic E-state index is 0.336. The molecule has 1 aromatic rings. The van der Waals surface area contributed by atoms with Crippen LogP contribution in [0.25, 0.3) is 0 Å². The Morgan fingerprint density at radius 2 is 2.38 bits per heavy atom. The number of benzene rings is 1. The second-order valence-electron chi connectivity index (χ2n) is 4.17. The van der Waals surface area contributed by atoms with E-state index in [4.69, 9.17) is 10.00 Å². The minimum Gasteiger partial charge on any atom is -0.379 e. The molecule has 16 heavy (non-hydrogen) atoms. The lowest BCUT2D eigenvalue weighted by Crippen LogP contribution is -2.30. The lowest BCUT2D eigenvalue weighted by atomic mass is 10.1. The smallest absolute Gasteiger partial charge is 0.102 e. The van der Waals surface area contributed by atoms with E-state index in [2.05, 4.69) is 11.4 Å². The van der Waals surface area contributed by atoms with Gasteiger partial charge in [-0.2, -0.15) is 5.26 Å². The summed E-state index contributed by atoms with van der Waals surface area (Å²) < 4.78 is 5.41. The van der Waals surface area contributed by atoms with Gasteiger partial charge in [0.05, 0.1) is 17.9 Å². The lowest BCUT2D eigenvalue weighted by molar-refractivity contribution is 0.0876. The summed E-state index contributed by atoms with van der Waals surface area (Å²) in [6.07, 6.45) is 2.20. The van der Waals surface area contributed by atoms with E-state index in [-0.39, 0.29) is 0 Å². The second-order valence-corrected chi connectivity index (χ2v) is 4.17. The summed E-state index contributed by atoms with van der Waals surface area (Å²) in [5.74, 6) is 0. The molecular formula is C13H16N2O. The van der Waals surface area contributed by atoms with E-state index in [0.29, 0.717) is 6.04 Å². The molecule has 0 bridgehead atoms. The summed E-state index contributed by atoms with van der Waals surface area (Å²) in [4.78, 5) is 0. The van der Waals surface area contributed by atoms with Gasteiger partial charge in [0.2, 0.25) is 0 Å². The molecule has 1 saturated heterocycles. The van der Waals surface area contributed by atoms with Crippen LogP contribution in [0.2, 0.25) is 0 Å². The highest BCUT2D eigenvalue weighted by molar-refractivity contribution is 5.61. The van der Waals surface area contributed by atoms with E-state index in [9.17, 15) is 0 Å². The van der Waals surface area contributed by atoms with Gasteiger partial charge in [0.1, 0.15) is 6.07 Å². The number of hydrogen-bond acceptors (Lipinski definition) is 3. The predicted molar refractivity (Wildman–Crippen MR) is 63.4 cm³/mol. The van der Waals surface area contributed by atoms with Crippen LogP contribution in [0, 0.1) is 18.3 Å². The van der Waals surface area contributed by atoms with E-state index < -0.39 is 0 Å². The molecule has 2 rings (SSSR count). The highest BCUT2D eigenvalue weighted by Gasteiger charge is 2.15. The maximum atomic E-state index is 9.11. The SMILES string of the molecule is Cc1cccc(NC2CCCOC2)c1C#N. The van der Waals surface area contributed by atoms with Gasteiger partial charge in [-0.05, 0) is 31.4 Å². The molecule has 0 radical (unpaired) electrons. The zero-order chi connectivity index (χ0) is 11.4. The summed E-state index contributed by atoms with van der Waals surface area (Å²) in [7, 11) is 0. The van der Waals surface area contributed by atoms with Crippen molar-refractivity contribution in [1.82, 2.24) is 0 Å². The van der Waals surface area contributed by atoms with Crippen molar-refractivity contribution in [3.05, 3.63) is 29.3 Å². The quantitative estimate of drug-likeness (QED) is 0.826. The first-order valence-electron chi connectivity index (χ1n) is 5.65. The first-order valence-corrected chi connectivity index (χ1v) is 5.65. The molecule has 3 nitrogen and oxygen atoms in total. The van der Waals surface area contributed by atoms with Crippen LogP contribution in [0.4, 0.5) is 5.69 Å². The number of aryl methyl sites for hydroxylation is 1. The Labute approximate surface area is 96.0 Å². The van der Waals surface area contributed by atoms with Gasteiger partial charge in [0.15, 0.2) is 0 Å². The third-order valence-corrected chi connectivity index (χ3v) is 2.90. The number of nitriles is 1. The largest absolute Gasteiger partial charge is 0.379 e. The Morgan fingerprint density at radius 3 is 3.06 bits per heavy atom. The van der Waals surface area contributed by atoms with Crippen LogP contribution < -0.4 is 5.32 Å². The zero-order valence-corrected chi connectivity index (χ0v) is 9.49. The lowest BCUT2D eigenvalue weighted by Gasteiger charge is -2.24. The molecule has 0 spiro atoms. The molecule has 84 valence electrons. The van der Waals surface area contributed by atoms with Crippen LogP contribution in [0.15, 0.2) is 18.2 Å². The molecule has 0 amide bonds. The van der Waals surface area contributed by atoms with Crippen molar-refractivity contribution < 1.29 is 4.74 Å². The van der Waals surface area contributed by atoms with Gasteiger partial charge in [-0.3, -0.25) is 0 Å². The standard InChI is InChI=1S/C13H16N2O/c1-10-4-2-6-13(12(10)8-14)15-11-5-3-7-16-9-11/h2,4,6,11,15H,3,5,7,9H2,1H3. The van der Waals surface area contributed by atoms with Gasteiger partial charge in [-0.25, -0.2) is 0 Å². The third-order valence-electron chi connectivity index (χ3n) is 2.90. The normalized spacial score (nSPS) is 20.1. The third kappa shape index (κ3) is 2.34. The highest BCUT2D eigenvalue weighted by Crippen LogP contribution is 2.21. The first-order chi connectivity index (χ1) is 7.81. The zero-order valence-electron chi connectivity index (χ0n) is 9.49. The first kappa shape index (κ1) is 11.0. The summed E-state index contributed by atoms with van der Waals surface area (Å²) >= 11 is 0. The topological polar surface area (TPSA) is 45.0 Å². The minimum absolute atomic E-state index is 0.336. The van der Waals surface area contributed by atoms with Crippen molar-refractivity contribution in [2.45, 2.75) is 25.8 Å². The van der Waals surface area contributed by atoms with Crippen LogP contribution in [0.1, 0.15) is 24.0 Å². The van der Waals surface area contributed by atoms with Crippen LogP contribution in [-0.2, 0) is 4.74 Å².